The third kappa shape index (κ3) is 1.33. The summed E-state index contributed by atoms with van der Waals surface area (Å²) < 4.78 is 6.07. The number of aromatic nitrogens is 1. The molecular weight excluding hydrogens is 170 g/mol. The minimum absolute atomic E-state index is 0.225. The van der Waals surface area contributed by atoms with Crippen molar-refractivity contribution in [3.8, 4) is 5.75 Å². The summed E-state index contributed by atoms with van der Waals surface area (Å²) in [6.07, 6.45) is 1.59. The highest BCUT2D eigenvalue weighted by molar-refractivity contribution is 5.26. The maximum Gasteiger partial charge on any atom is 0.235 e. The first-order valence-electron chi connectivity index (χ1n) is 4.31. The number of pyridine rings is 1. The third-order valence-corrected chi connectivity index (χ3v) is 2.20. The largest absolute Gasteiger partial charge is 0.618 e. The molecule has 4 nitrogen and oxygen atoms in total. The molecule has 2 heterocycles. The van der Waals surface area contributed by atoms with Gasteiger partial charge in [-0.3, -0.25) is 0 Å². The molecule has 70 valence electrons. The zero-order valence-corrected chi connectivity index (χ0v) is 7.19. The van der Waals surface area contributed by atoms with Gasteiger partial charge in [-0.1, -0.05) is 0 Å². The van der Waals surface area contributed by atoms with Crippen LogP contribution < -0.4 is 9.47 Å². The van der Waals surface area contributed by atoms with Crippen molar-refractivity contribution in [3.05, 3.63) is 28.7 Å². The zero-order chi connectivity index (χ0) is 9.26. The Kier molecular flexibility index (Phi) is 2.06. The number of aliphatic hydroxyl groups excluding tert-OH is 1. The molecule has 1 aromatic rings. The van der Waals surface area contributed by atoms with Crippen molar-refractivity contribution in [3.63, 3.8) is 0 Å². The molecule has 0 bridgehead atoms. The van der Waals surface area contributed by atoms with Crippen molar-refractivity contribution in [1.82, 2.24) is 0 Å². The van der Waals surface area contributed by atoms with E-state index in [9.17, 15) is 5.21 Å². The van der Waals surface area contributed by atoms with Gasteiger partial charge in [0.25, 0.3) is 0 Å². The lowest BCUT2D eigenvalue weighted by atomic mass is 10.1. The van der Waals surface area contributed by atoms with Crippen LogP contribution in [0.1, 0.15) is 17.8 Å². The van der Waals surface area contributed by atoms with Gasteiger partial charge in [-0.2, -0.15) is 4.73 Å². The molecule has 0 saturated carbocycles. The molecule has 1 N–H and O–H groups in total. The van der Waals surface area contributed by atoms with Crippen molar-refractivity contribution in [2.24, 2.45) is 0 Å². The van der Waals surface area contributed by atoms with Crippen LogP contribution in [0, 0.1) is 5.21 Å². The molecule has 1 aromatic heterocycles. The lowest BCUT2D eigenvalue weighted by molar-refractivity contribution is -0.625. The van der Waals surface area contributed by atoms with Gasteiger partial charge >= 0.3 is 0 Å². The Hall–Kier alpha value is -1.29. The first-order chi connectivity index (χ1) is 6.33. The number of hydrogen-bond acceptors (Lipinski definition) is 3. The second-order valence-corrected chi connectivity index (χ2v) is 3.04. The summed E-state index contributed by atoms with van der Waals surface area (Å²) in [6, 6.07) is 3.34. The third-order valence-electron chi connectivity index (χ3n) is 2.20. The molecule has 13 heavy (non-hydrogen) atoms. The van der Waals surface area contributed by atoms with Gasteiger partial charge in [-0.15, -0.1) is 0 Å². The Morgan fingerprint density at radius 3 is 3.15 bits per heavy atom. The number of nitrogens with zero attached hydrogens (tertiary/aromatic N) is 1. The van der Waals surface area contributed by atoms with Gasteiger partial charge < -0.3 is 15.1 Å². The van der Waals surface area contributed by atoms with Crippen LogP contribution in [0.2, 0.25) is 0 Å². The van der Waals surface area contributed by atoms with Crippen molar-refractivity contribution >= 4 is 0 Å². The fraction of sp³-hybridized carbons (Fsp3) is 0.444. The fourth-order valence-electron chi connectivity index (χ4n) is 1.50. The van der Waals surface area contributed by atoms with E-state index in [1.54, 1.807) is 12.1 Å². The number of ether oxygens (including phenoxy) is 1. The highest BCUT2D eigenvalue weighted by atomic mass is 16.5. The highest BCUT2D eigenvalue weighted by Gasteiger charge is 2.20. The molecule has 2 rings (SSSR count). The normalized spacial score (nSPS) is 14.8. The Bertz CT molecular complexity index is 325. The van der Waals surface area contributed by atoms with Crippen molar-refractivity contribution < 1.29 is 14.6 Å². The summed E-state index contributed by atoms with van der Waals surface area (Å²) in [6.45, 7) is 0.447. The van der Waals surface area contributed by atoms with E-state index in [4.69, 9.17) is 9.84 Å². The molecule has 0 aliphatic carbocycles. The second-order valence-electron chi connectivity index (χ2n) is 3.04. The van der Waals surface area contributed by atoms with Crippen molar-refractivity contribution in [1.29, 1.82) is 0 Å². The van der Waals surface area contributed by atoms with Crippen molar-refractivity contribution in [2.45, 2.75) is 19.4 Å². The maximum atomic E-state index is 11.5. The van der Waals surface area contributed by atoms with Crippen LogP contribution in [0.3, 0.4) is 0 Å². The topological polar surface area (TPSA) is 56.4 Å². The molecule has 0 saturated heterocycles. The van der Waals surface area contributed by atoms with Crippen LogP contribution in [-0.2, 0) is 13.0 Å². The number of fused-ring (bicyclic) bond motifs is 1. The lowest BCUT2D eigenvalue weighted by Gasteiger charge is -2.17. The number of rotatable bonds is 1. The quantitative estimate of drug-likeness (QED) is 0.495. The van der Waals surface area contributed by atoms with Gasteiger partial charge in [-0.05, 0) is 12.5 Å². The van der Waals surface area contributed by atoms with E-state index in [0.29, 0.717) is 23.7 Å². The highest BCUT2D eigenvalue weighted by Crippen LogP contribution is 2.21. The van der Waals surface area contributed by atoms with E-state index in [1.807, 2.05) is 0 Å². The minimum Gasteiger partial charge on any atom is -0.618 e. The van der Waals surface area contributed by atoms with Crippen LogP contribution in [0.15, 0.2) is 12.1 Å². The summed E-state index contributed by atoms with van der Waals surface area (Å²) in [4.78, 5) is 0. The maximum absolute atomic E-state index is 11.5. The van der Waals surface area contributed by atoms with Crippen LogP contribution in [0.4, 0.5) is 0 Å². The lowest BCUT2D eigenvalue weighted by Crippen LogP contribution is -2.38. The van der Waals surface area contributed by atoms with Gasteiger partial charge in [0.05, 0.1) is 6.61 Å². The fourth-order valence-corrected chi connectivity index (χ4v) is 1.50. The Labute approximate surface area is 76.0 Å². The molecule has 0 amide bonds. The SMILES string of the molecule is [O-][n+]1c(CO)ccc2c1CCCO2. The predicted molar refractivity (Wildman–Crippen MR) is 45.1 cm³/mol. The molecule has 1 aliphatic rings. The summed E-state index contributed by atoms with van der Waals surface area (Å²) >= 11 is 0. The summed E-state index contributed by atoms with van der Waals surface area (Å²) in [5.41, 5.74) is 1.02. The number of hydrogen-bond donors (Lipinski definition) is 1. The zero-order valence-electron chi connectivity index (χ0n) is 7.19. The van der Waals surface area contributed by atoms with Crippen LogP contribution in [-0.4, -0.2) is 11.7 Å². The second kappa shape index (κ2) is 3.22. The minimum atomic E-state index is -0.225. The summed E-state index contributed by atoms with van der Waals surface area (Å²) in [7, 11) is 0. The van der Waals surface area contributed by atoms with Crippen LogP contribution in [0.5, 0.6) is 5.75 Å². The first kappa shape index (κ1) is 8.31. The molecule has 0 atom stereocenters. The predicted octanol–water partition coefficient (Wildman–Crippen LogP) is 0.137. The Balaban J connectivity index is 2.48. The van der Waals surface area contributed by atoms with Gasteiger partial charge in [-0.25, -0.2) is 0 Å². The average Bonchev–Trinajstić information content (AvgIpc) is 2.19. The van der Waals surface area contributed by atoms with E-state index in [1.165, 1.54) is 0 Å². The van der Waals surface area contributed by atoms with E-state index in [-0.39, 0.29) is 6.61 Å². The summed E-state index contributed by atoms with van der Waals surface area (Å²) in [5, 5.41) is 20.4. The van der Waals surface area contributed by atoms with Gasteiger partial charge in [0.2, 0.25) is 11.4 Å². The molecular formula is C9H11NO3. The molecule has 4 heteroatoms. The Morgan fingerprint density at radius 2 is 2.38 bits per heavy atom. The van der Waals surface area contributed by atoms with Gasteiger partial charge in [0.15, 0.2) is 5.75 Å². The van der Waals surface area contributed by atoms with Crippen molar-refractivity contribution in [2.75, 3.05) is 6.61 Å². The van der Waals surface area contributed by atoms with Gasteiger partial charge in [0.1, 0.15) is 6.61 Å². The van der Waals surface area contributed by atoms with Crippen LogP contribution >= 0.6 is 0 Å². The first-order valence-corrected chi connectivity index (χ1v) is 4.31. The standard InChI is InChI=1S/C9H11NO3/c11-6-7-3-4-9-8(10(7)12)2-1-5-13-9/h3-4,11H,1-2,5-6H2. The molecule has 1 aliphatic heterocycles. The molecule has 0 unspecified atom stereocenters. The van der Waals surface area contributed by atoms with E-state index in [0.717, 1.165) is 17.6 Å². The number of aliphatic hydroxyl groups is 1. The Morgan fingerprint density at radius 1 is 1.54 bits per heavy atom. The molecule has 0 spiro atoms. The van der Waals surface area contributed by atoms with E-state index < -0.39 is 0 Å². The monoisotopic (exact) mass is 181 g/mol. The molecule has 0 fully saturated rings. The average molecular weight is 181 g/mol. The van der Waals surface area contributed by atoms with E-state index in [2.05, 4.69) is 0 Å². The smallest absolute Gasteiger partial charge is 0.235 e. The van der Waals surface area contributed by atoms with Crippen LogP contribution in [0.25, 0.3) is 0 Å². The summed E-state index contributed by atoms with van der Waals surface area (Å²) in [5.74, 6) is 0.651. The van der Waals surface area contributed by atoms with Gasteiger partial charge in [0, 0.05) is 12.5 Å². The van der Waals surface area contributed by atoms with E-state index >= 15 is 0 Å². The molecule has 0 radical (unpaired) electrons. The molecule has 0 aromatic carbocycles.